The van der Waals surface area contributed by atoms with Crippen LogP contribution in [0.25, 0.3) is 5.76 Å². The van der Waals surface area contributed by atoms with Crippen LogP contribution in [0.15, 0.2) is 65.5 Å². The molecule has 1 fully saturated rings. The molecule has 2 aromatic rings. The highest BCUT2D eigenvalue weighted by Gasteiger charge is 2.27. The number of nitrogens with one attached hydrogen (secondary N) is 1. The Balaban J connectivity index is 1.59. The average Bonchev–Trinajstić information content (AvgIpc) is 3.00. The first-order chi connectivity index (χ1) is 12.6. The van der Waals surface area contributed by atoms with Gasteiger partial charge in [-0.15, -0.1) is 0 Å². The van der Waals surface area contributed by atoms with Gasteiger partial charge < -0.3 is 14.9 Å². The zero-order chi connectivity index (χ0) is 18.0. The SMILES string of the molecule is O=S1(=O)CCC(N/N=C/C2=C(c3ccccc3)Oc3ccccc3O2)C1. The van der Waals surface area contributed by atoms with E-state index in [0.29, 0.717) is 29.4 Å². The van der Waals surface area contributed by atoms with E-state index in [-0.39, 0.29) is 17.5 Å². The lowest BCUT2D eigenvalue weighted by molar-refractivity contribution is 0.366. The van der Waals surface area contributed by atoms with Crippen LogP contribution in [0.3, 0.4) is 0 Å². The number of rotatable bonds is 4. The predicted octanol–water partition coefficient (Wildman–Crippen LogP) is 2.59. The van der Waals surface area contributed by atoms with Crippen LogP contribution < -0.4 is 14.9 Å². The van der Waals surface area contributed by atoms with Gasteiger partial charge in [0.15, 0.2) is 32.9 Å². The van der Waals surface area contributed by atoms with Gasteiger partial charge in [-0.05, 0) is 18.6 Å². The summed E-state index contributed by atoms with van der Waals surface area (Å²) in [5.41, 5.74) is 3.77. The lowest BCUT2D eigenvalue weighted by atomic mass is 10.1. The number of benzene rings is 2. The largest absolute Gasteiger partial charge is 0.449 e. The first kappa shape index (κ1) is 16.7. The molecule has 26 heavy (non-hydrogen) atoms. The molecule has 1 N–H and O–H groups in total. The maximum absolute atomic E-state index is 11.5. The first-order valence-corrected chi connectivity index (χ1v) is 10.2. The first-order valence-electron chi connectivity index (χ1n) is 8.34. The summed E-state index contributed by atoms with van der Waals surface area (Å²) in [6.45, 7) is 0. The summed E-state index contributed by atoms with van der Waals surface area (Å²) in [7, 11) is -2.95. The van der Waals surface area contributed by atoms with Gasteiger partial charge in [0, 0.05) is 5.56 Å². The lowest BCUT2D eigenvalue weighted by Gasteiger charge is -2.22. The average molecular weight is 370 g/mol. The van der Waals surface area contributed by atoms with Crippen LogP contribution in [-0.4, -0.2) is 32.2 Å². The number of sulfone groups is 1. The molecule has 134 valence electrons. The number of hydrogen-bond acceptors (Lipinski definition) is 6. The molecule has 2 aliphatic rings. The predicted molar refractivity (Wildman–Crippen MR) is 99.7 cm³/mol. The van der Waals surface area contributed by atoms with Crippen LogP contribution in [0, 0.1) is 0 Å². The molecule has 0 radical (unpaired) electrons. The smallest absolute Gasteiger partial charge is 0.190 e. The Kier molecular flexibility index (Phi) is 4.38. The van der Waals surface area contributed by atoms with Crippen LogP contribution in [-0.2, 0) is 9.84 Å². The third kappa shape index (κ3) is 3.57. The minimum atomic E-state index is -2.95. The molecule has 0 aromatic heterocycles. The zero-order valence-corrected chi connectivity index (χ0v) is 14.8. The molecule has 1 saturated heterocycles. The van der Waals surface area contributed by atoms with Crippen LogP contribution in [0.1, 0.15) is 12.0 Å². The highest BCUT2D eigenvalue weighted by molar-refractivity contribution is 7.91. The Morgan fingerprint density at radius 2 is 1.69 bits per heavy atom. The van der Waals surface area contributed by atoms with Crippen LogP contribution in [0.4, 0.5) is 0 Å². The van der Waals surface area contributed by atoms with Crippen molar-refractivity contribution in [1.29, 1.82) is 0 Å². The minimum Gasteiger partial charge on any atom is -0.449 e. The summed E-state index contributed by atoms with van der Waals surface area (Å²) in [4.78, 5) is 0. The van der Waals surface area contributed by atoms with Crippen molar-refractivity contribution in [2.75, 3.05) is 11.5 Å². The number of nitrogens with zero attached hydrogens (tertiary/aromatic N) is 1. The number of hydrogen-bond donors (Lipinski definition) is 1. The summed E-state index contributed by atoms with van der Waals surface area (Å²) < 4.78 is 35.0. The summed E-state index contributed by atoms with van der Waals surface area (Å²) in [5.74, 6) is 2.58. The van der Waals surface area contributed by atoms with Gasteiger partial charge in [-0.3, -0.25) is 0 Å². The Morgan fingerprint density at radius 3 is 2.38 bits per heavy atom. The number of ether oxygens (including phenoxy) is 2. The standard InChI is InChI=1S/C19H18N2O4S/c22-26(23)11-10-15(13-26)21-20-12-18-19(14-6-2-1-3-7-14)25-17-9-5-4-8-16(17)24-18/h1-9,12,15,21H,10-11,13H2/b20-12+. The Labute approximate surface area is 152 Å². The molecule has 1 atom stereocenters. The molecule has 0 saturated carbocycles. The summed E-state index contributed by atoms with van der Waals surface area (Å²) in [6.07, 6.45) is 2.09. The van der Waals surface area contributed by atoms with E-state index in [9.17, 15) is 8.42 Å². The number of hydrazone groups is 1. The molecule has 4 rings (SSSR count). The molecular formula is C19H18N2O4S. The highest BCUT2D eigenvalue weighted by atomic mass is 32.2. The van der Waals surface area contributed by atoms with Crippen molar-refractivity contribution < 1.29 is 17.9 Å². The fourth-order valence-electron chi connectivity index (χ4n) is 2.92. The molecule has 2 aliphatic heterocycles. The molecule has 0 bridgehead atoms. The molecule has 0 aliphatic carbocycles. The van der Waals surface area contributed by atoms with E-state index in [1.165, 1.54) is 6.21 Å². The molecule has 0 amide bonds. The van der Waals surface area contributed by atoms with E-state index in [1.807, 2.05) is 54.6 Å². The topological polar surface area (TPSA) is 77.0 Å². The van der Waals surface area contributed by atoms with Gasteiger partial charge in [-0.1, -0.05) is 42.5 Å². The van der Waals surface area contributed by atoms with Crippen LogP contribution in [0.5, 0.6) is 11.5 Å². The Hall–Kier alpha value is -2.80. The van der Waals surface area contributed by atoms with E-state index in [1.54, 1.807) is 0 Å². The Bertz CT molecular complexity index is 968. The Morgan fingerprint density at radius 1 is 1.00 bits per heavy atom. The molecule has 2 aromatic carbocycles. The van der Waals surface area contributed by atoms with Crippen LogP contribution in [0.2, 0.25) is 0 Å². The van der Waals surface area contributed by atoms with Crippen molar-refractivity contribution >= 4 is 21.8 Å². The van der Waals surface area contributed by atoms with Gasteiger partial charge >= 0.3 is 0 Å². The van der Waals surface area contributed by atoms with Gasteiger partial charge in [-0.2, -0.15) is 5.10 Å². The highest BCUT2D eigenvalue weighted by Crippen LogP contribution is 2.37. The number of fused-ring (bicyclic) bond motifs is 1. The van der Waals surface area contributed by atoms with Crippen molar-refractivity contribution in [3.05, 3.63) is 65.9 Å². The quantitative estimate of drug-likeness (QED) is 0.661. The fraction of sp³-hybridized carbons (Fsp3) is 0.211. The normalized spacial score (nSPS) is 21.2. The van der Waals surface area contributed by atoms with Crippen molar-refractivity contribution in [2.45, 2.75) is 12.5 Å². The van der Waals surface area contributed by atoms with Gasteiger partial charge in [0.1, 0.15) is 0 Å². The van der Waals surface area contributed by atoms with E-state index < -0.39 is 9.84 Å². The second-order valence-electron chi connectivity index (χ2n) is 6.20. The summed E-state index contributed by atoms with van der Waals surface area (Å²) in [5, 5.41) is 4.19. The van der Waals surface area contributed by atoms with Crippen molar-refractivity contribution in [1.82, 2.24) is 5.43 Å². The van der Waals surface area contributed by atoms with E-state index >= 15 is 0 Å². The molecular weight excluding hydrogens is 352 g/mol. The number of allylic oxidation sites excluding steroid dienone is 1. The zero-order valence-electron chi connectivity index (χ0n) is 14.0. The lowest BCUT2D eigenvalue weighted by Crippen LogP contribution is -2.26. The molecule has 2 heterocycles. The number of para-hydroxylation sites is 2. The van der Waals surface area contributed by atoms with Gasteiger partial charge in [0.2, 0.25) is 0 Å². The molecule has 1 unspecified atom stereocenters. The van der Waals surface area contributed by atoms with Crippen molar-refractivity contribution in [3.8, 4) is 11.5 Å². The maximum Gasteiger partial charge on any atom is 0.190 e. The summed E-state index contributed by atoms with van der Waals surface area (Å²) in [6, 6.07) is 16.9. The molecule has 7 heteroatoms. The molecule has 6 nitrogen and oxygen atoms in total. The monoisotopic (exact) mass is 370 g/mol. The third-order valence-corrected chi connectivity index (χ3v) is 5.98. The van der Waals surface area contributed by atoms with Crippen molar-refractivity contribution in [3.63, 3.8) is 0 Å². The van der Waals surface area contributed by atoms with Crippen LogP contribution >= 0.6 is 0 Å². The summed E-state index contributed by atoms with van der Waals surface area (Å²) >= 11 is 0. The van der Waals surface area contributed by atoms with E-state index in [0.717, 1.165) is 5.56 Å². The van der Waals surface area contributed by atoms with Gasteiger partial charge in [0.05, 0.1) is 23.8 Å². The minimum absolute atomic E-state index is 0.106. The fourth-order valence-corrected chi connectivity index (χ4v) is 4.58. The maximum atomic E-state index is 11.5. The second kappa shape index (κ2) is 6.84. The molecule has 0 spiro atoms. The van der Waals surface area contributed by atoms with Crippen molar-refractivity contribution in [2.24, 2.45) is 5.10 Å². The third-order valence-electron chi connectivity index (χ3n) is 4.21. The van der Waals surface area contributed by atoms with E-state index in [4.69, 9.17) is 9.47 Å². The second-order valence-corrected chi connectivity index (χ2v) is 8.43. The van der Waals surface area contributed by atoms with Gasteiger partial charge in [0.25, 0.3) is 0 Å². The van der Waals surface area contributed by atoms with E-state index in [2.05, 4.69) is 10.5 Å². The van der Waals surface area contributed by atoms with Gasteiger partial charge in [-0.25, -0.2) is 8.42 Å².